The van der Waals surface area contributed by atoms with Gasteiger partial charge in [-0.05, 0) is 56.8 Å². The number of nitrogens with one attached hydrogen (secondary N) is 1. The van der Waals surface area contributed by atoms with E-state index in [1.54, 1.807) is 0 Å². The molecular formula is C15H23NO. The third-order valence-corrected chi connectivity index (χ3v) is 3.11. The lowest BCUT2D eigenvalue weighted by Crippen LogP contribution is -2.22. The topological polar surface area (TPSA) is 21.3 Å². The van der Waals surface area contributed by atoms with Crippen LogP contribution in [0.4, 0.5) is 0 Å². The van der Waals surface area contributed by atoms with Crippen molar-refractivity contribution in [3.63, 3.8) is 0 Å². The molecule has 0 aliphatic heterocycles. The molecule has 1 aromatic carbocycles. The van der Waals surface area contributed by atoms with Gasteiger partial charge in [0.15, 0.2) is 0 Å². The zero-order valence-electron chi connectivity index (χ0n) is 11.1. The Bertz CT molecular complexity index is 358. The zero-order chi connectivity index (χ0) is 12.3. The Balaban J connectivity index is 2.12. The first-order valence-electron chi connectivity index (χ1n) is 6.70. The Morgan fingerprint density at radius 1 is 1.35 bits per heavy atom. The molecular weight excluding hydrogens is 210 g/mol. The van der Waals surface area contributed by atoms with Crippen molar-refractivity contribution in [3.8, 4) is 5.75 Å². The first-order chi connectivity index (χ1) is 8.20. The van der Waals surface area contributed by atoms with Gasteiger partial charge in [-0.3, -0.25) is 0 Å². The Labute approximate surface area is 104 Å². The lowest BCUT2D eigenvalue weighted by Gasteiger charge is -2.19. The lowest BCUT2D eigenvalue weighted by molar-refractivity contribution is 0.242. The van der Waals surface area contributed by atoms with Crippen molar-refractivity contribution in [2.45, 2.75) is 45.8 Å². The molecule has 1 aromatic rings. The fourth-order valence-corrected chi connectivity index (χ4v) is 2.26. The normalized spacial score (nSPS) is 17.2. The van der Waals surface area contributed by atoms with E-state index < -0.39 is 0 Å². The SMILES string of the molecule is CCNC(c1cccc(OC(C)C)c1)C1CC1. The van der Waals surface area contributed by atoms with E-state index in [4.69, 9.17) is 4.74 Å². The van der Waals surface area contributed by atoms with Crippen molar-refractivity contribution >= 4 is 0 Å². The maximum atomic E-state index is 5.76. The maximum Gasteiger partial charge on any atom is 0.120 e. The van der Waals surface area contributed by atoms with Gasteiger partial charge in [0, 0.05) is 6.04 Å². The van der Waals surface area contributed by atoms with Crippen LogP contribution in [0.5, 0.6) is 5.75 Å². The van der Waals surface area contributed by atoms with E-state index in [1.807, 2.05) is 6.07 Å². The van der Waals surface area contributed by atoms with Crippen LogP contribution in [0.1, 0.15) is 45.2 Å². The molecule has 0 bridgehead atoms. The third-order valence-electron chi connectivity index (χ3n) is 3.11. The molecule has 1 aliphatic rings. The average molecular weight is 233 g/mol. The van der Waals surface area contributed by atoms with E-state index in [-0.39, 0.29) is 6.10 Å². The first-order valence-corrected chi connectivity index (χ1v) is 6.70. The monoisotopic (exact) mass is 233 g/mol. The summed E-state index contributed by atoms with van der Waals surface area (Å²) in [6, 6.07) is 9.04. The van der Waals surface area contributed by atoms with Crippen LogP contribution in [0, 0.1) is 5.92 Å². The van der Waals surface area contributed by atoms with Crippen LogP contribution in [-0.4, -0.2) is 12.6 Å². The van der Waals surface area contributed by atoms with Gasteiger partial charge in [-0.2, -0.15) is 0 Å². The molecule has 1 N–H and O–H groups in total. The van der Waals surface area contributed by atoms with Crippen LogP contribution in [0.3, 0.4) is 0 Å². The molecule has 1 fully saturated rings. The minimum Gasteiger partial charge on any atom is -0.491 e. The largest absolute Gasteiger partial charge is 0.491 e. The molecule has 0 spiro atoms. The van der Waals surface area contributed by atoms with Gasteiger partial charge in [0.25, 0.3) is 0 Å². The van der Waals surface area contributed by atoms with Crippen LogP contribution in [0.25, 0.3) is 0 Å². The third kappa shape index (κ3) is 3.47. The number of benzene rings is 1. The average Bonchev–Trinajstić information content (AvgIpc) is 3.09. The molecule has 1 unspecified atom stereocenters. The summed E-state index contributed by atoms with van der Waals surface area (Å²) >= 11 is 0. The molecule has 0 amide bonds. The van der Waals surface area contributed by atoms with Gasteiger partial charge in [0.2, 0.25) is 0 Å². The highest BCUT2D eigenvalue weighted by Crippen LogP contribution is 2.41. The van der Waals surface area contributed by atoms with E-state index in [2.05, 4.69) is 44.3 Å². The summed E-state index contributed by atoms with van der Waals surface area (Å²) in [6.07, 6.45) is 2.95. The van der Waals surface area contributed by atoms with Crippen molar-refractivity contribution in [1.29, 1.82) is 0 Å². The second-order valence-electron chi connectivity index (χ2n) is 5.11. The van der Waals surface area contributed by atoms with Gasteiger partial charge in [0.05, 0.1) is 6.10 Å². The maximum absolute atomic E-state index is 5.76. The van der Waals surface area contributed by atoms with Gasteiger partial charge in [-0.25, -0.2) is 0 Å². The van der Waals surface area contributed by atoms with Crippen molar-refractivity contribution in [3.05, 3.63) is 29.8 Å². The second kappa shape index (κ2) is 5.54. The quantitative estimate of drug-likeness (QED) is 0.811. The number of hydrogen-bond acceptors (Lipinski definition) is 2. The van der Waals surface area contributed by atoms with E-state index in [0.717, 1.165) is 18.2 Å². The second-order valence-corrected chi connectivity index (χ2v) is 5.11. The molecule has 2 rings (SSSR count). The van der Waals surface area contributed by atoms with Crippen LogP contribution < -0.4 is 10.1 Å². The molecule has 0 aromatic heterocycles. The van der Waals surface area contributed by atoms with Crippen molar-refractivity contribution in [2.24, 2.45) is 5.92 Å². The van der Waals surface area contributed by atoms with Crippen LogP contribution in [0.2, 0.25) is 0 Å². The molecule has 0 saturated heterocycles. The fraction of sp³-hybridized carbons (Fsp3) is 0.600. The van der Waals surface area contributed by atoms with E-state index in [0.29, 0.717) is 6.04 Å². The molecule has 94 valence electrons. The fourth-order valence-electron chi connectivity index (χ4n) is 2.26. The molecule has 0 heterocycles. The van der Waals surface area contributed by atoms with Gasteiger partial charge >= 0.3 is 0 Å². The summed E-state index contributed by atoms with van der Waals surface area (Å²) in [5, 5.41) is 3.59. The molecule has 1 atom stereocenters. The van der Waals surface area contributed by atoms with Crippen LogP contribution >= 0.6 is 0 Å². The number of rotatable bonds is 6. The van der Waals surface area contributed by atoms with Gasteiger partial charge in [0.1, 0.15) is 5.75 Å². The standard InChI is InChI=1S/C15H23NO/c1-4-16-15(12-8-9-12)13-6-5-7-14(10-13)17-11(2)3/h5-7,10-12,15-16H,4,8-9H2,1-3H3. The van der Waals surface area contributed by atoms with Gasteiger partial charge in [-0.1, -0.05) is 19.1 Å². The summed E-state index contributed by atoms with van der Waals surface area (Å²) in [4.78, 5) is 0. The Morgan fingerprint density at radius 3 is 2.71 bits per heavy atom. The number of ether oxygens (including phenoxy) is 1. The highest BCUT2D eigenvalue weighted by Gasteiger charge is 2.31. The molecule has 1 saturated carbocycles. The smallest absolute Gasteiger partial charge is 0.120 e. The van der Waals surface area contributed by atoms with E-state index in [9.17, 15) is 0 Å². The van der Waals surface area contributed by atoms with Gasteiger partial charge < -0.3 is 10.1 Å². The van der Waals surface area contributed by atoms with Crippen LogP contribution in [-0.2, 0) is 0 Å². The van der Waals surface area contributed by atoms with Crippen LogP contribution in [0.15, 0.2) is 24.3 Å². The Morgan fingerprint density at radius 2 is 2.12 bits per heavy atom. The summed E-state index contributed by atoms with van der Waals surface area (Å²) in [5.41, 5.74) is 1.37. The highest BCUT2D eigenvalue weighted by atomic mass is 16.5. The van der Waals surface area contributed by atoms with Crippen molar-refractivity contribution < 1.29 is 4.74 Å². The molecule has 2 heteroatoms. The van der Waals surface area contributed by atoms with Gasteiger partial charge in [-0.15, -0.1) is 0 Å². The summed E-state index contributed by atoms with van der Waals surface area (Å²) in [6.45, 7) is 7.32. The Kier molecular flexibility index (Phi) is 4.06. The van der Waals surface area contributed by atoms with Crippen molar-refractivity contribution in [2.75, 3.05) is 6.54 Å². The molecule has 17 heavy (non-hydrogen) atoms. The van der Waals surface area contributed by atoms with Crippen molar-refractivity contribution in [1.82, 2.24) is 5.32 Å². The summed E-state index contributed by atoms with van der Waals surface area (Å²) in [7, 11) is 0. The minimum atomic E-state index is 0.240. The minimum absolute atomic E-state index is 0.240. The first kappa shape index (κ1) is 12.4. The number of hydrogen-bond donors (Lipinski definition) is 1. The molecule has 0 radical (unpaired) electrons. The highest BCUT2D eigenvalue weighted by molar-refractivity contribution is 5.31. The lowest BCUT2D eigenvalue weighted by atomic mass is 10.0. The van der Waals surface area contributed by atoms with E-state index >= 15 is 0 Å². The predicted octanol–water partition coefficient (Wildman–Crippen LogP) is 3.53. The Hall–Kier alpha value is -1.02. The molecule has 1 aliphatic carbocycles. The van der Waals surface area contributed by atoms with E-state index in [1.165, 1.54) is 18.4 Å². The summed E-state index contributed by atoms with van der Waals surface area (Å²) < 4.78 is 5.76. The zero-order valence-corrected chi connectivity index (χ0v) is 11.1. The summed E-state index contributed by atoms with van der Waals surface area (Å²) in [5.74, 6) is 1.81. The predicted molar refractivity (Wildman–Crippen MR) is 71.3 cm³/mol. The molecule has 2 nitrogen and oxygen atoms in total.